The maximum absolute atomic E-state index is 10.8. The summed E-state index contributed by atoms with van der Waals surface area (Å²) in [6.45, 7) is 3.10. The molecule has 80 valence electrons. The molecule has 0 spiro atoms. The number of hydrogen-bond donors (Lipinski definition) is 2. The number of nitrogens with one attached hydrogen (secondary N) is 1. The van der Waals surface area contributed by atoms with Crippen molar-refractivity contribution < 1.29 is 9.90 Å². The van der Waals surface area contributed by atoms with Gasteiger partial charge in [0, 0.05) is 12.1 Å². The molecule has 1 aliphatic heterocycles. The van der Waals surface area contributed by atoms with Crippen LogP contribution < -0.4 is 5.43 Å². The third-order valence-electron chi connectivity index (χ3n) is 3.58. The molecule has 14 heavy (non-hydrogen) atoms. The molecule has 0 aromatic carbocycles. The van der Waals surface area contributed by atoms with Gasteiger partial charge in [0.25, 0.3) is 0 Å². The zero-order chi connectivity index (χ0) is 10.2. The molecule has 0 amide bonds. The summed E-state index contributed by atoms with van der Waals surface area (Å²) >= 11 is 0. The molecule has 4 heteroatoms. The summed E-state index contributed by atoms with van der Waals surface area (Å²) in [5.41, 5.74) is 3.31. The van der Waals surface area contributed by atoms with Crippen molar-refractivity contribution in [2.45, 2.75) is 50.6 Å². The highest BCUT2D eigenvalue weighted by Gasteiger charge is 2.40. The summed E-state index contributed by atoms with van der Waals surface area (Å²) in [5.74, 6) is -0.728. The molecule has 2 aliphatic rings. The highest BCUT2D eigenvalue weighted by molar-refractivity contribution is 5.73. The van der Waals surface area contributed by atoms with Crippen molar-refractivity contribution in [3.63, 3.8) is 0 Å². The van der Waals surface area contributed by atoms with Gasteiger partial charge in [0.05, 0.1) is 0 Å². The summed E-state index contributed by atoms with van der Waals surface area (Å²) in [4.78, 5) is 10.8. The summed E-state index contributed by atoms with van der Waals surface area (Å²) in [5, 5.41) is 11.0. The van der Waals surface area contributed by atoms with Crippen molar-refractivity contribution in [2.24, 2.45) is 0 Å². The fourth-order valence-electron chi connectivity index (χ4n) is 2.59. The number of hydrazine groups is 1. The van der Waals surface area contributed by atoms with Crippen molar-refractivity contribution >= 4 is 5.97 Å². The first-order valence-corrected chi connectivity index (χ1v) is 5.38. The van der Waals surface area contributed by atoms with Gasteiger partial charge >= 0.3 is 5.97 Å². The van der Waals surface area contributed by atoms with Crippen LogP contribution in [0.25, 0.3) is 0 Å². The van der Waals surface area contributed by atoms with Gasteiger partial charge in [-0.3, -0.25) is 4.79 Å². The van der Waals surface area contributed by atoms with Crippen LogP contribution in [0.2, 0.25) is 0 Å². The minimum atomic E-state index is -0.728. The SMILES string of the molecule is CC1(N2CCC(C(=O)O)N2)CCCC1. The quantitative estimate of drug-likeness (QED) is 0.694. The number of rotatable bonds is 2. The van der Waals surface area contributed by atoms with Gasteiger partial charge in [0.15, 0.2) is 0 Å². The van der Waals surface area contributed by atoms with Gasteiger partial charge in [-0.05, 0) is 26.2 Å². The van der Waals surface area contributed by atoms with E-state index in [0.717, 1.165) is 13.0 Å². The van der Waals surface area contributed by atoms with Crippen molar-refractivity contribution in [1.29, 1.82) is 0 Å². The Morgan fingerprint density at radius 2 is 2.14 bits per heavy atom. The van der Waals surface area contributed by atoms with E-state index in [1.54, 1.807) is 0 Å². The number of aliphatic carboxylic acids is 1. The maximum atomic E-state index is 10.8. The number of hydrogen-bond acceptors (Lipinski definition) is 3. The zero-order valence-electron chi connectivity index (χ0n) is 8.62. The van der Waals surface area contributed by atoms with E-state index in [9.17, 15) is 4.79 Å². The van der Waals surface area contributed by atoms with E-state index >= 15 is 0 Å². The summed E-state index contributed by atoms with van der Waals surface area (Å²) in [6.07, 6.45) is 5.64. The molecule has 1 aliphatic carbocycles. The normalized spacial score (nSPS) is 32.2. The Morgan fingerprint density at radius 3 is 2.64 bits per heavy atom. The Kier molecular flexibility index (Phi) is 2.49. The molecule has 4 nitrogen and oxygen atoms in total. The molecular weight excluding hydrogens is 180 g/mol. The first kappa shape index (κ1) is 9.93. The van der Waals surface area contributed by atoms with Crippen LogP contribution in [0.4, 0.5) is 0 Å². The second kappa shape index (κ2) is 3.51. The average molecular weight is 198 g/mol. The van der Waals surface area contributed by atoms with E-state index in [4.69, 9.17) is 5.11 Å². The van der Waals surface area contributed by atoms with Gasteiger partial charge in [-0.15, -0.1) is 0 Å². The van der Waals surface area contributed by atoms with Crippen molar-refractivity contribution in [3.8, 4) is 0 Å². The Morgan fingerprint density at radius 1 is 1.50 bits per heavy atom. The molecule has 0 radical (unpaired) electrons. The Balaban J connectivity index is 1.97. The van der Waals surface area contributed by atoms with Gasteiger partial charge in [0.1, 0.15) is 6.04 Å². The first-order valence-electron chi connectivity index (χ1n) is 5.38. The molecular formula is C10H18N2O2. The van der Waals surface area contributed by atoms with E-state index in [0.29, 0.717) is 0 Å². The average Bonchev–Trinajstić information content (AvgIpc) is 2.71. The van der Waals surface area contributed by atoms with Crippen LogP contribution in [0, 0.1) is 0 Å². The van der Waals surface area contributed by atoms with Crippen LogP contribution in [0.15, 0.2) is 0 Å². The highest BCUT2D eigenvalue weighted by atomic mass is 16.4. The lowest BCUT2D eigenvalue weighted by molar-refractivity contribution is -0.140. The Labute approximate surface area is 84.2 Å². The van der Waals surface area contributed by atoms with Gasteiger partial charge < -0.3 is 5.11 Å². The number of nitrogens with zero attached hydrogens (tertiary/aromatic N) is 1. The molecule has 1 saturated heterocycles. The first-order chi connectivity index (χ1) is 6.62. The van der Waals surface area contributed by atoms with Gasteiger partial charge in [0.2, 0.25) is 0 Å². The van der Waals surface area contributed by atoms with Crippen LogP contribution in [0.3, 0.4) is 0 Å². The number of carboxylic acids is 1. The van der Waals surface area contributed by atoms with Crippen LogP contribution in [0.5, 0.6) is 0 Å². The van der Waals surface area contributed by atoms with Gasteiger partial charge in [-0.25, -0.2) is 10.4 Å². The maximum Gasteiger partial charge on any atom is 0.322 e. The predicted molar refractivity (Wildman–Crippen MR) is 52.8 cm³/mol. The summed E-state index contributed by atoms with van der Waals surface area (Å²) in [7, 11) is 0. The third kappa shape index (κ3) is 1.64. The molecule has 0 aromatic rings. The Bertz CT molecular complexity index is 236. The van der Waals surface area contributed by atoms with Crippen molar-refractivity contribution in [1.82, 2.24) is 10.4 Å². The molecule has 1 heterocycles. The minimum Gasteiger partial charge on any atom is -0.480 e. The second-order valence-corrected chi connectivity index (χ2v) is 4.66. The van der Waals surface area contributed by atoms with Crippen LogP contribution in [-0.2, 0) is 4.79 Å². The molecule has 0 bridgehead atoms. The standard InChI is InChI=1S/C10H18N2O2/c1-10(5-2-3-6-10)12-7-4-8(11-12)9(13)14/h8,11H,2-7H2,1H3,(H,13,14). The molecule has 2 rings (SSSR count). The van der Waals surface area contributed by atoms with Crippen LogP contribution in [-0.4, -0.2) is 34.2 Å². The smallest absolute Gasteiger partial charge is 0.322 e. The molecule has 2 fully saturated rings. The monoisotopic (exact) mass is 198 g/mol. The summed E-state index contributed by atoms with van der Waals surface area (Å²) < 4.78 is 0. The van der Waals surface area contributed by atoms with E-state index in [1.165, 1.54) is 25.7 Å². The molecule has 2 N–H and O–H groups in total. The van der Waals surface area contributed by atoms with E-state index in [1.807, 2.05) is 0 Å². The lowest BCUT2D eigenvalue weighted by Crippen LogP contribution is -2.51. The van der Waals surface area contributed by atoms with E-state index in [2.05, 4.69) is 17.4 Å². The molecule has 1 unspecified atom stereocenters. The van der Waals surface area contributed by atoms with Gasteiger partial charge in [-0.1, -0.05) is 12.8 Å². The lowest BCUT2D eigenvalue weighted by atomic mass is 10.0. The fourth-order valence-corrected chi connectivity index (χ4v) is 2.59. The molecule has 1 atom stereocenters. The van der Waals surface area contributed by atoms with E-state index < -0.39 is 5.97 Å². The minimum absolute atomic E-state index is 0.199. The third-order valence-corrected chi connectivity index (χ3v) is 3.58. The largest absolute Gasteiger partial charge is 0.480 e. The van der Waals surface area contributed by atoms with E-state index in [-0.39, 0.29) is 11.6 Å². The fraction of sp³-hybridized carbons (Fsp3) is 0.900. The zero-order valence-corrected chi connectivity index (χ0v) is 8.62. The predicted octanol–water partition coefficient (Wildman–Crippen LogP) is 0.983. The topological polar surface area (TPSA) is 52.6 Å². The Hall–Kier alpha value is -0.610. The summed E-state index contributed by atoms with van der Waals surface area (Å²) in [6, 6.07) is -0.368. The van der Waals surface area contributed by atoms with Gasteiger partial charge in [-0.2, -0.15) is 0 Å². The number of carbonyl (C=O) groups is 1. The van der Waals surface area contributed by atoms with Crippen molar-refractivity contribution in [2.75, 3.05) is 6.54 Å². The van der Waals surface area contributed by atoms with Crippen LogP contribution in [0.1, 0.15) is 39.0 Å². The molecule has 1 saturated carbocycles. The lowest BCUT2D eigenvalue weighted by Gasteiger charge is -2.35. The second-order valence-electron chi connectivity index (χ2n) is 4.66. The van der Waals surface area contributed by atoms with Crippen LogP contribution >= 0.6 is 0 Å². The number of carboxylic acid groups (broad SMARTS) is 1. The molecule has 0 aromatic heterocycles. The highest BCUT2D eigenvalue weighted by Crippen LogP contribution is 2.35. The van der Waals surface area contributed by atoms with Crippen molar-refractivity contribution in [3.05, 3.63) is 0 Å².